The van der Waals surface area contributed by atoms with Crippen LogP contribution in [0.2, 0.25) is 0 Å². The Morgan fingerprint density at radius 2 is 0.920 bits per heavy atom. The lowest BCUT2D eigenvalue weighted by molar-refractivity contribution is 0.728. The number of aromatic nitrogens is 2. The van der Waals surface area contributed by atoms with Crippen LogP contribution >= 0.6 is 0 Å². The van der Waals surface area contributed by atoms with E-state index in [1.54, 1.807) is 0 Å². The monoisotopic (exact) mass is 636 g/mol. The average molecular weight is 637 g/mol. The molecule has 0 saturated carbocycles. The lowest BCUT2D eigenvalue weighted by atomic mass is 9.63. The fraction of sp³-hybridized carbons (Fsp3) is 0.0208. The zero-order valence-corrected chi connectivity index (χ0v) is 27.4. The number of hydrogen-bond acceptors (Lipinski definition) is 1. The Balaban J connectivity index is 1.22. The molecular formula is C48H32N2. The van der Waals surface area contributed by atoms with Gasteiger partial charge in [-0.1, -0.05) is 170 Å². The van der Waals surface area contributed by atoms with Gasteiger partial charge in [0.15, 0.2) is 0 Å². The molecule has 0 amide bonds. The molecule has 9 aromatic rings. The van der Waals surface area contributed by atoms with Gasteiger partial charge >= 0.3 is 0 Å². The maximum absolute atomic E-state index is 5.12. The summed E-state index contributed by atoms with van der Waals surface area (Å²) in [7, 11) is 0. The number of nitrogens with zero attached hydrogens (tertiary/aromatic N) is 2. The first-order chi connectivity index (χ1) is 24.8. The van der Waals surface area contributed by atoms with Crippen LogP contribution in [0.1, 0.15) is 22.3 Å². The van der Waals surface area contributed by atoms with Crippen LogP contribution in [0.3, 0.4) is 0 Å². The molecule has 1 aliphatic rings. The highest BCUT2D eigenvalue weighted by molar-refractivity contribution is 6.12. The molecule has 1 unspecified atom stereocenters. The van der Waals surface area contributed by atoms with E-state index < -0.39 is 5.41 Å². The Labute approximate surface area is 291 Å². The van der Waals surface area contributed by atoms with Gasteiger partial charge in [0.25, 0.3) is 0 Å². The Morgan fingerprint density at radius 3 is 1.62 bits per heavy atom. The van der Waals surface area contributed by atoms with Gasteiger partial charge in [0.05, 0.1) is 33.5 Å². The van der Waals surface area contributed by atoms with E-state index >= 15 is 0 Å². The molecule has 7 aromatic carbocycles. The number of pyridine rings is 1. The van der Waals surface area contributed by atoms with Crippen LogP contribution in [0.15, 0.2) is 194 Å². The van der Waals surface area contributed by atoms with E-state index in [1.807, 2.05) is 0 Å². The molecule has 0 aliphatic carbocycles. The second kappa shape index (κ2) is 11.3. The van der Waals surface area contributed by atoms with Gasteiger partial charge in [0.1, 0.15) is 0 Å². The first kappa shape index (κ1) is 28.5. The first-order valence-electron chi connectivity index (χ1n) is 17.2. The largest absolute Gasteiger partial charge is 0.309 e. The second-order valence-electron chi connectivity index (χ2n) is 13.1. The van der Waals surface area contributed by atoms with Gasteiger partial charge in [-0.2, -0.15) is 0 Å². The fourth-order valence-corrected chi connectivity index (χ4v) is 8.30. The third-order valence-corrected chi connectivity index (χ3v) is 10.5. The summed E-state index contributed by atoms with van der Waals surface area (Å²) < 4.78 is 2.48. The van der Waals surface area contributed by atoms with Crippen LogP contribution in [0.25, 0.3) is 61.1 Å². The highest BCUT2D eigenvalue weighted by Crippen LogP contribution is 2.54. The van der Waals surface area contributed by atoms with Crippen LogP contribution in [0, 0.1) is 0 Å². The standard InChI is InChI=1S/C48H32N2/c1-4-15-34(16-5-1)43-31-36(32-44(49-43)35-17-6-2-7-18-35)33-27-29-38(30-28-33)48(37-19-8-3-9-20-37)41-23-11-13-26-46(41)50-45-25-12-10-21-39(45)40-22-14-24-42(48)47(40)50/h1-32H. The smallest absolute Gasteiger partial charge is 0.0742 e. The van der Waals surface area contributed by atoms with E-state index in [0.29, 0.717) is 0 Å². The van der Waals surface area contributed by atoms with Gasteiger partial charge in [-0.25, -0.2) is 4.98 Å². The predicted molar refractivity (Wildman–Crippen MR) is 207 cm³/mol. The number of hydrogen-bond donors (Lipinski definition) is 0. The van der Waals surface area contributed by atoms with Gasteiger partial charge in [-0.3, -0.25) is 0 Å². The minimum Gasteiger partial charge on any atom is -0.309 e. The van der Waals surface area contributed by atoms with Crippen LogP contribution in [0.4, 0.5) is 0 Å². The summed E-state index contributed by atoms with van der Waals surface area (Å²) in [6, 6.07) is 70.4. The van der Waals surface area contributed by atoms with Crippen LogP contribution in [-0.2, 0) is 5.41 Å². The second-order valence-corrected chi connectivity index (χ2v) is 13.1. The third-order valence-electron chi connectivity index (χ3n) is 10.5. The molecule has 0 spiro atoms. The maximum Gasteiger partial charge on any atom is 0.0742 e. The zero-order chi connectivity index (χ0) is 33.1. The van der Waals surface area contributed by atoms with Crippen molar-refractivity contribution in [1.82, 2.24) is 9.55 Å². The Hall–Kier alpha value is -6.51. The van der Waals surface area contributed by atoms with E-state index in [4.69, 9.17) is 4.98 Å². The Kier molecular flexibility index (Phi) is 6.43. The molecule has 1 aliphatic heterocycles. The number of rotatable bonds is 5. The number of benzene rings is 7. The molecule has 2 nitrogen and oxygen atoms in total. The highest BCUT2D eigenvalue weighted by Gasteiger charge is 2.45. The van der Waals surface area contributed by atoms with E-state index in [9.17, 15) is 0 Å². The van der Waals surface area contributed by atoms with Crippen molar-refractivity contribution in [2.75, 3.05) is 0 Å². The van der Waals surface area contributed by atoms with E-state index in [2.05, 4.69) is 199 Å². The van der Waals surface area contributed by atoms with Gasteiger partial charge in [-0.05, 0) is 57.6 Å². The van der Waals surface area contributed by atoms with Gasteiger partial charge < -0.3 is 4.57 Å². The van der Waals surface area contributed by atoms with E-state index in [0.717, 1.165) is 33.6 Å². The van der Waals surface area contributed by atoms with Gasteiger partial charge in [0.2, 0.25) is 0 Å². The Bertz CT molecular complexity index is 2620. The molecule has 2 aromatic heterocycles. The minimum atomic E-state index is -0.525. The topological polar surface area (TPSA) is 17.8 Å². The summed E-state index contributed by atoms with van der Waals surface area (Å²) >= 11 is 0. The molecule has 0 bridgehead atoms. The molecule has 0 radical (unpaired) electrons. The summed E-state index contributed by atoms with van der Waals surface area (Å²) in [6.07, 6.45) is 0. The highest BCUT2D eigenvalue weighted by atomic mass is 15.0. The third kappa shape index (κ3) is 4.18. The molecule has 234 valence electrons. The summed E-state index contributed by atoms with van der Waals surface area (Å²) in [4.78, 5) is 5.12. The van der Waals surface area contributed by atoms with Crippen molar-refractivity contribution in [3.8, 4) is 39.3 Å². The van der Waals surface area contributed by atoms with Crippen molar-refractivity contribution in [2.45, 2.75) is 5.41 Å². The van der Waals surface area contributed by atoms with E-state index in [1.165, 1.54) is 49.7 Å². The lowest BCUT2D eigenvalue weighted by Crippen LogP contribution is -2.35. The fourth-order valence-electron chi connectivity index (χ4n) is 8.30. The molecule has 0 fully saturated rings. The Morgan fingerprint density at radius 1 is 0.380 bits per heavy atom. The lowest BCUT2D eigenvalue weighted by Gasteiger charge is -2.41. The number of para-hydroxylation sites is 3. The molecule has 0 N–H and O–H groups in total. The van der Waals surface area contributed by atoms with Gasteiger partial charge in [-0.15, -0.1) is 0 Å². The maximum atomic E-state index is 5.12. The van der Waals surface area contributed by atoms with Crippen molar-refractivity contribution >= 4 is 21.8 Å². The predicted octanol–water partition coefficient (Wildman–Crippen LogP) is 11.9. The summed E-state index contributed by atoms with van der Waals surface area (Å²) in [5.41, 5.74) is 14.7. The molecular weight excluding hydrogens is 605 g/mol. The molecule has 0 saturated heterocycles. The van der Waals surface area contributed by atoms with Crippen molar-refractivity contribution in [1.29, 1.82) is 0 Å². The summed E-state index contributed by atoms with van der Waals surface area (Å²) in [6.45, 7) is 0. The number of fused-ring (bicyclic) bond motifs is 5. The minimum absolute atomic E-state index is 0.525. The quantitative estimate of drug-likeness (QED) is 0.184. The van der Waals surface area contributed by atoms with Crippen LogP contribution in [0.5, 0.6) is 0 Å². The van der Waals surface area contributed by atoms with Crippen LogP contribution < -0.4 is 0 Å². The molecule has 1 atom stereocenters. The normalized spacial score (nSPS) is 14.9. The van der Waals surface area contributed by atoms with Gasteiger partial charge in [0, 0.05) is 21.9 Å². The molecule has 3 heterocycles. The van der Waals surface area contributed by atoms with Crippen molar-refractivity contribution < 1.29 is 0 Å². The van der Waals surface area contributed by atoms with E-state index in [-0.39, 0.29) is 0 Å². The molecule has 50 heavy (non-hydrogen) atoms. The average Bonchev–Trinajstić information content (AvgIpc) is 3.55. The zero-order valence-electron chi connectivity index (χ0n) is 27.4. The van der Waals surface area contributed by atoms with Crippen LogP contribution in [-0.4, -0.2) is 9.55 Å². The SMILES string of the molecule is c1ccc(-c2cc(-c3ccc(C4(c5ccccc5)c5ccccc5-n5c6ccccc6c6cccc4c65)cc3)cc(-c3ccccc3)n2)cc1. The van der Waals surface area contributed by atoms with Crippen molar-refractivity contribution in [3.63, 3.8) is 0 Å². The molecule has 2 heteroatoms. The molecule has 10 rings (SSSR count). The summed E-state index contributed by atoms with van der Waals surface area (Å²) in [5.74, 6) is 0. The van der Waals surface area contributed by atoms with Crippen molar-refractivity contribution in [3.05, 3.63) is 216 Å². The first-order valence-corrected chi connectivity index (χ1v) is 17.2. The summed E-state index contributed by atoms with van der Waals surface area (Å²) in [5, 5.41) is 2.56. The van der Waals surface area contributed by atoms with Crippen molar-refractivity contribution in [2.24, 2.45) is 0 Å².